The maximum absolute atomic E-state index is 5.16. The van der Waals surface area contributed by atoms with Gasteiger partial charge in [0, 0.05) is 20.1 Å². The summed E-state index contributed by atoms with van der Waals surface area (Å²) >= 11 is 0. The van der Waals surface area contributed by atoms with E-state index >= 15 is 0 Å². The molecular formula is C17H30IN3O. The van der Waals surface area contributed by atoms with Crippen LogP contribution in [-0.2, 0) is 6.42 Å². The summed E-state index contributed by atoms with van der Waals surface area (Å²) in [6.07, 6.45) is 3.37. The lowest BCUT2D eigenvalue weighted by atomic mass is 10.0. The molecule has 0 heterocycles. The second-order valence-electron chi connectivity index (χ2n) is 5.16. The van der Waals surface area contributed by atoms with Crippen LogP contribution in [0.15, 0.2) is 29.3 Å². The number of halogens is 1. The molecule has 0 bridgehead atoms. The van der Waals surface area contributed by atoms with E-state index in [-0.39, 0.29) is 24.0 Å². The molecular weight excluding hydrogens is 389 g/mol. The van der Waals surface area contributed by atoms with Crippen molar-refractivity contribution in [2.24, 2.45) is 10.9 Å². The molecule has 22 heavy (non-hydrogen) atoms. The van der Waals surface area contributed by atoms with Crippen LogP contribution < -0.4 is 15.4 Å². The second-order valence-corrected chi connectivity index (χ2v) is 5.16. The number of aliphatic imine (C=N–C) groups is 1. The maximum Gasteiger partial charge on any atom is 0.190 e. The molecule has 2 N–H and O–H groups in total. The molecule has 4 nitrogen and oxygen atoms in total. The maximum atomic E-state index is 5.16. The lowest BCUT2D eigenvalue weighted by Gasteiger charge is -2.16. The van der Waals surface area contributed by atoms with E-state index in [0.29, 0.717) is 5.92 Å². The summed E-state index contributed by atoms with van der Waals surface area (Å²) in [5.74, 6) is 2.50. The molecule has 0 fully saturated rings. The van der Waals surface area contributed by atoms with Crippen LogP contribution in [0.4, 0.5) is 0 Å². The molecule has 1 aromatic carbocycles. The van der Waals surface area contributed by atoms with Crippen LogP contribution in [0.25, 0.3) is 0 Å². The van der Waals surface area contributed by atoms with Crippen molar-refractivity contribution in [1.29, 1.82) is 0 Å². The van der Waals surface area contributed by atoms with Gasteiger partial charge in [0.1, 0.15) is 5.75 Å². The molecule has 0 saturated carbocycles. The number of nitrogens with zero attached hydrogens (tertiary/aromatic N) is 1. The molecule has 0 atom stereocenters. The summed E-state index contributed by atoms with van der Waals surface area (Å²) in [5, 5.41) is 6.75. The van der Waals surface area contributed by atoms with Gasteiger partial charge in [-0.05, 0) is 30.0 Å². The van der Waals surface area contributed by atoms with Gasteiger partial charge in [-0.3, -0.25) is 4.99 Å². The molecule has 0 radical (unpaired) electrons. The van der Waals surface area contributed by atoms with Crippen LogP contribution in [0.3, 0.4) is 0 Å². The lowest BCUT2D eigenvalue weighted by molar-refractivity contribution is 0.414. The molecule has 0 aromatic heterocycles. The number of nitrogens with one attached hydrogen (secondary N) is 2. The predicted octanol–water partition coefficient (Wildman–Crippen LogP) is 3.46. The minimum Gasteiger partial charge on any atom is -0.497 e. The summed E-state index contributed by atoms with van der Waals surface area (Å²) in [6.45, 7) is 6.32. The lowest BCUT2D eigenvalue weighted by Crippen LogP contribution is -2.40. The smallest absolute Gasteiger partial charge is 0.190 e. The molecule has 0 amide bonds. The first-order chi connectivity index (χ1) is 10.2. The standard InChI is InChI=1S/C17H29N3O.HI/c1-5-14(6-2)13-20-17(18-3)19-12-11-15-7-9-16(21-4)10-8-15;/h7-10,14H,5-6,11-13H2,1-4H3,(H2,18,19,20);1H. The highest BCUT2D eigenvalue weighted by Gasteiger charge is 2.04. The molecule has 0 aliphatic rings. The summed E-state index contributed by atoms with van der Waals surface area (Å²) in [4.78, 5) is 4.26. The number of benzene rings is 1. The van der Waals surface area contributed by atoms with Crippen molar-refractivity contribution in [3.05, 3.63) is 29.8 Å². The van der Waals surface area contributed by atoms with E-state index in [9.17, 15) is 0 Å². The number of guanidine groups is 1. The Labute approximate surface area is 152 Å². The highest BCUT2D eigenvalue weighted by Crippen LogP contribution is 2.11. The first-order valence-electron chi connectivity index (χ1n) is 7.80. The Hall–Kier alpha value is -0.980. The molecule has 5 heteroatoms. The number of ether oxygens (including phenoxy) is 1. The monoisotopic (exact) mass is 419 g/mol. The van der Waals surface area contributed by atoms with Crippen molar-refractivity contribution in [3.63, 3.8) is 0 Å². The summed E-state index contributed by atoms with van der Waals surface area (Å²) < 4.78 is 5.16. The Morgan fingerprint density at radius 3 is 2.27 bits per heavy atom. The van der Waals surface area contributed by atoms with E-state index in [0.717, 1.165) is 31.2 Å². The minimum absolute atomic E-state index is 0. The molecule has 0 aliphatic heterocycles. The number of methoxy groups -OCH3 is 1. The number of hydrogen-bond acceptors (Lipinski definition) is 2. The highest BCUT2D eigenvalue weighted by atomic mass is 127. The molecule has 0 aliphatic carbocycles. The number of rotatable bonds is 8. The quantitative estimate of drug-likeness (QED) is 0.386. The number of hydrogen-bond donors (Lipinski definition) is 2. The highest BCUT2D eigenvalue weighted by molar-refractivity contribution is 14.0. The fraction of sp³-hybridized carbons (Fsp3) is 0.588. The SMILES string of the molecule is CCC(CC)CNC(=NC)NCCc1ccc(OC)cc1.I. The largest absolute Gasteiger partial charge is 0.497 e. The second kappa shape index (κ2) is 12.6. The average Bonchev–Trinajstić information content (AvgIpc) is 2.54. The van der Waals surface area contributed by atoms with Gasteiger partial charge < -0.3 is 15.4 Å². The van der Waals surface area contributed by atoms with Gasteiger partial charge in [0.25, 0.3) is 0 Å². The van der Waals surface area contributed by atoms with Crippen LogP contribution in [0.1, 0.15) is 32.3 Å². The van der Waals surface area contributed by atoms with Crippen LogP contribution in [0.2, 0.25) is 0 Å². The van der Waals surface area contributed by atoms with Gasteiger partial charge in [0.2, 0.25) is 0 Å². The van der Waals surface area contributed by atoms with E-state index < -0.39 is 0 Å². The first kappa shape index (κ1) is 21.0. The zero-order valence-electron chi connectivity index (χ0n) is 14.2. The van der Waals surface area contributed by atoms with E-state index in [4.69, 9.17) is 4.74 Å². The summed E-state index contributed by atoms with van der Waals surface area (Å²) in [7, 11) is 3.50. The first-order valence-corrected chi connectivity index (χ1v) is 7.80. The fourth-order valence-corrected chi connectivity index (χ4v) is 2.16. The third kappa shape index (κ3) is 7.87. The zero-order valence-corrected chi connectivity index (χ0v) is 16.5. The summed E-state index contributed by atoms with van der Waals surface area (Å²) in [6, 6.07) is 8.19. The van der Waals surface area contributed by atoms with Gasteiger partial charge in [-0.25, -0.2) is 0 Å². The van der Waals surface area contributed by atoms with Gasteiger partial charge in [-0.1, -0.05) is 38.8 Å². The van der Waals surface area contributed by atoms with E-state index in [1.165, 1.54) is 18.4 Å². The molecule has 0 saturated heterocycles. The van der Waals surface area contributed by atoms with Crippen molar-refractivity contribution in [3.8, 4) is 5.75 Å². The van der Waals surface area contributed by atoms with Gasteiger partial charge in [-0.15, -0.1) is 24.0 Å². The van der Waals surface area contributed by atoms with E-state index in [1.54, 1.807) is 7.11 Å². The van der Waals surface area contributed by atoms with Crippen LogP contribution in [0.5, 0.6) is 5.75 Å². The third-order valence-corrected chi connectivity index (χ3v) is 3.80. The van der Waals surface area contributed by atoms with Crippen LogP contribution in [-0.4, -0.2) is 33.2 Å². The molecule has 1 rings (SSSR count). The van der Waals surface area contributed by atoms with Gasteiger partial charge in [0.15, 0.2) is 5.96 Å². The van der Waals surface area contributed by atoms with Crippen LogP contribution in [0, 0.1) is 5.92 Å². The Kier molecular flexibility index (Phi) is 12.0. The average molecular weight is 419 g/mol. The van der Waals surface area contributed by atoms with E-state index in [1.807, 2.05) is 19.2 Å². The van der Waals surface area contributed by atoms with E-state index in [2.05, 4.69) is 41.6 Å². The van der Waals surface area contributed by atoms with Crippen molar-refractivity contribution < 1.29 is 4.74 Å². The molecule has 0 spiro atoms. The predicted molar refractivity (Wildman–Crippen MR) is 106 cm³/mol. The Morgan fingerprint density at radius 1 is 1.14 bits per heavy atom. The fourth-order valence-electron chi connectivity index (χ4n) is 2.16. The van der Waals surface area contributed by atoms with Gasteiger partial charge >= 0.3 is 0 Å². The minimum atomic E-state index is 0. The third-order valence-electron chi connectivity index (χ3n) is 3.80. The van der Waals surface area contributed by atoms with Crippen molar-refractivity contribution in [1.82, 2.24) is 10.6 Å². The van der Waals surface area contributed by atoms with Crippen molar-refractivity contribution >= 4 is 29.9 Å². The van der Waals surface area contributed by atoms with Crippen LogP contribution >= 0.6 is 24.0 Å². The van der Waals surface area contributed by atoms with Gasteiger partial charge in [0.05, 0.1) is 7.11 Å². The zero-order chi connectivity index (χ0) is 15.5. The Balaban J connectivity index is 0.00000441. The Morgan fingerprint density at radius 2 is 1.77 bits per heavy atom. The Bertz CT molecular complexity index is 416. The van der Waals surface area contributed by atoms with Gasteiger partial charge in [-0.2, -0.15) is 0 Å². The van der Waals surface area contributed by atoms with Crippen molar-refractivity contribution in [2.75, 3.05) is 27.2 Å². The normalized spacial score (nSPS) is 11.0. The molecule has 0 unspecified atom stereocenters. The molecule has 1 aromatic rings. The summed E-state index contributed by atoms with van der Waals surface area (Å²) in [5.41, 5.74) is 1.29. The van der Waals surface area contributed by atoms with Crippen molar-refractivity contribution in [2.45, 2.75) is 33.1 Å². The topological polar surface area (TPSA) is 45.7 Å². The molecule has 126 valence electrons.